The molecule has 0 fully saturated rings. The number of unbranched alkanes of at least 4 members (excludes halogenated alkanes) is 2. The van der Waals surface area contributed by atoms with Gasteiger partial charge >= 0.3 is 5.97 Å². The highest BCUT2D eigenvalue weighted by atomic mass is 17.0. The van der Waals surface area contributed by atoms with Gasteiger partial charge in [-0.15, -0.1) is 0 Å². The SMILES string of the molecule is CCCCOC(=O)CCCC.OO. The fourth-order valence-electron chi connectivity index (χ4n) is 0.724. The third-order valence-electron chi connectivity index (χ3n) is 1.50. The predicted octanol–water partition coefficient (Wildman–Crippen LogP) is 2.54. The van der Waals surface area contributed by atoms with Crippen molar-refractivity contribution < 1.29 is 20.0 Å². The van der Waals surface area contributed by atoms with Gasteiger partial charge in [0, 0.05) is 6.42 Å². The van der Waals surface area contributed by atoms with Crippen molar-refractivity contribution >= 4 is 5.97 Å². The van der Waals surface area contributed by atoms with Gasteiger partial charge in [-0.2, -0.15) is 0 Å². The molecule has 13 heavy (non-hydrogen) atoms. The standard InChI is InChI=1S/C9H18O2.H2O2/c1-3-5-7-9(10)11-8-6-4-2;1-2/h3-8H2,1-2H3;1-2H. The van der Waals surface area contributed by atoms with Crippen molar-refractivity contribution in [3.63, 3.8) is 0 Å². The van der Waals surface area contributed by atoms with Crippen LogP contribution in [0.1, 0.15) is 46.0 Å². The van der Waals surface area contributed by atoms with Gasteiger partial charge in [0.2, 0.25) is 0 Å². The summed E-state index contributed by atoms with van der Waals surface area (Å²) in [5, 5.41) is 12.0. The summed E-state index contributed by atoms with van der Waals surface area (Å²) in [6.45, 7) is 4.75. The largest absolute Gasteiger partial charge is 0.466 e. The first kappa shape index (κ1) is 14.9. The lowest BCUT2D eigenvalue weighted by atomic mass is 10.2. The Morgan fingerprint density at radius 1 is 1.15 bits per heavy atom. The molecule has 0 unspecified atom stereocenters. The fraction of sp³-hybridized carbons (Fsp3) is 0.889. The van der Waals surface area contributed by atoms with E-state index < -0.39 is 0 Å². The van der Waals surface area contributed by atoms with E-state index in [4.69, 9.17) is 15.3 Å². The zero-order chi connectivity index (χ0) is 10.5. The maximum Gasteiger partial charge on any atom is 0.305 e. The second kappa shape index (κ2) is 13.9. The molecule has 4 heteroatoms. The van der Waals surface area contributed by atoms with Gasteiger partial charge in [-0.25, -0.2) is 0 Å². The molecule has 0 aliphatic rings. The molecule has 0 rings (SSSR count). The molecule has 0 aromatic carbocycles. The predicted molar refractivity (Wildman–Crippen MR) is 50.6 cm³/mol. The van der Waals surface area contributed by atoms with Crippen LogP contribution in [0.2, 0.25) is 0 Å². The lowest BCUT2D eigenvalue weighted by Gasteiger charge is -2.01. The van der Waals surface area contributed by atoms with Gasteiger partial charge in [-0.1, -0.05) is 26.7 Å². The first-order valence-corrected chi connectivity index (χ1v) is 4.66. The average Bonchev–Trinajstić information content (AvgIpc) is 2.18. The highest BCUT2D eigenvalue weighted by Crippen LogP contribution is 1.97. The smallest absolute Gasteiger partial charge is 0.305 e. The lowest BCUT2D eigenvalue weighted by molar-refractivity contribution is -0.176. The Morgan fingerprint density at radius 3 is 2.15 bits per heavy atom. The Labute approximate surface area is 79.5 Å². The molecule has 0 saturated carbocycles. The summed E-state index contributed by atoms with van der Waals surface area (Å²) in [5.41, 5.74) is 0. The van der Waals surface area contributed by atoms with Crippen LogP contribution in [-0.2, 0) is 9.53 Å². The lowest BCUT2D eigenvalue weighted by Crippen LogP contribution is -2.04. The zero-order valence-electron chi connectivity index (χ0n) is 8.45. The van der Waals surface area contributed by atoms with Gasteiger partial charge in [0.1, 0.15) is 0 Å². The summed E-state index contributed by atoms with van der Waals surface area (Å²) in [4.78, 5) is 10.9. The highest BCUT2D eigenvalue weighted by Gasteiger charge is 1.99. The van der Waals surface area contributed by atoms with E-state index in [0.29, 0.717) is 13.0 Å². The third kappa shape index (κ3) is 14.3. The summed E-state index contributed by atoms with van der Waals surface area (Å²) in [6.07, 6.45) is 4.66. The Morgan fingerprint density at radius 2 is 1.69 bits per heavy atom. The summed E-state index contributed by atoms with van der Waals surface area (Å²) in [5.74, 6) is -0.0414. The van der Waals surface area contributed by atoms with Crippen molar-refractivity contribution in [2.75, 3.05) is 6.61 Å². The van der Waals surface area contributed by atoms with Crippen LogP contribution in [0.5, 0.6) is 0 Å². The maximum atomic E-state index is 10.9. The van der Waals surface area contributed by atoms with Crippen molar-refractivity contribution in [2.24, 2.45) is 0 Å². The second-order valence-electron chi connectivity index (χ2n) is 2.68. The van der Waals surface area contributed by atoms with Crippen molar-refractivity contribution in [3.05, 3.63) is 0 Å². The van der Waals surface area contributed by atoms with Gasteiger partial charge < -0.3 is 4.74 Å². The Bertz CT molecular complexity index is 104. The minimum Gasteiger partial charge on any atom is -0.466 e. The van der Waals surface area contributed by atoms with E-state index in [9.17, 15) is 4.79 Å². The molecule has 0 saturated heterocycles. The molecule has 0 aromatic heterocycles. The average molecular weight is 192 g/mol. The Balaban J connectivity index is 0. The van der Waals surface area contributed by atoms with Crippen molar-refractivity contribution in [2.45, 2.75) is 46.0 Å². The van der Waals surface area contributed by atoms with E-state index in [1.165, 1.54) is 0 Å². The number of ether oxygens (including phenoxy) is 1. The monoisotopic (exact) mass is 192 g/mol. The number of carbonyl (C=O) groups excluding carboxylic acids is 1. The molecule has 0 aliphatic heterocycles. The van der Waals surface area contributed by atoms with Crippen LogP contribution in [0.4, 0.5) is 0 Å². The van der Waals surface area contributed by atoms with Crippen LogP contribution >= 0.6 is 0 Å². The van der Waals surface area contributed by atoms with Crippen LogP contribution in [-0.4, -0.2) is 23.1 Å². The van der Waals surface area contributed by atoms with E-state index in [2.05, 4.69) is 13.8 Å². The normalized spacial score (nSPS) is 8.62. The molecule has 0 radical (unpaired) electrons. The minimum absolute atomic E-state index is 0.0414. The van der Waals surface area contributed by atoms with E-state index in [-0.39, 0.29) is 5.97 Å². The van der Waals surface area contributed by atoms with Gasteiger partial charge in [0.25, 0.3) is 0 Å². The van der Waals surface area contributed by atoms with Crippen molar-refractivity contribution in [3.8, 4) is 0 Å². The number of hydrogen-bond acceptors (Lipinski definition) is 4. The first-order valence-electron chi connectivity index (χ1n) is 4.66. The molecule has 80 valence electrons. The number of esters is 1. The summed E-state index contributed by atoms with van der Waals surface area (Å²) in [7, 11) is 0. The van der Waals surface area contributed by atoms with Gasteiger partial charge in [-0.3, -0.25) is 15.3 Å². The molecule has 0 aromatic rings. The van der Waals surface area contributed by atoms with Crippen LogP contribution in [0.3, 0.4) is 0 Å². The second-order valence-corrected chi connectivity index (χ2v) is 2.68. The Kier molecular flexibility index (Phi) is 16.0. The maximum absolute atomic E-state index is 10.9. The molecule has 0 spiro atoms. The van der Waals surface area contributed by atoms with Crippen LogP contribution in [0, 0.1) is 0 Å². The number of hydrogen-bond donors (Lipinski definition) is 2. The summed E-state index contributed by atoms with van der Waals surface area (Å²) in [6, 6.07) is 0. The highest BCUT2D eigenvalue weighted by molar-refractivity contribution is 5.69. The van der Waals surface area contributed by atoms with Crippen molar-refractivity contribution in [1.29, 1.82) is 0 Å². The quantitative estimate of drug-likeness (QED) is 0.294. The minimum atomic E-state index is -0.0414. The van der Waals surface area contributed by atoms with Gasteiger partial charge in [0.05, 0.1) is 6.61 Å². The molecule has 0 aliphatic carbocycles. The Hall–Kier alpha value is -0.610. The third-order valence-corrected chi connectivity index (χ3v) is 1.50. The fourth-order valence-corrected chi connectivity index (χ4v) is 0.724. The molecule has 0 amide bonds. The molecule has 4 nitrogen and oxygen atoms in total. The first-order chi connectivity index (χ1) is 6.31. The van der Waals surface area contributed by atoms with Gasteiger partial charge in [-0.05, 0) is 12.8 Å². The van der Waals surface area contributed by atoms with Crippen LogP contribution in [0.15, 0.2) is 0 Å². The van der Waals surface area contributed by atoms with E-state index in [1.807, 2.05) is 0 Å². The van der Waals surface area contributed by atoms with Crippen LogP contribution in [0.25, 0.3) is 0 Å². The summed E-state index contributed by atoms with van der Waals surface area (Å²) >= 11 is 0. The molecular weight excluding hydrogens is 172 g/mol. The number of rotatable bonds is 6. The molecular formula is C9H20O4. The molecule has 2 N–H and O–H groups in total. The van der Waals surface area contributed by atoms with Crippen molar-refractivity contribution in [1.82, 2.24) is 0 Å². The van der Waals surface area contributed by atoms with Crippen LogP contribution < -0.4 is 0 Å². The van der Waals surface area contributed by atoms with E-state index in [0.717, 1.165) is 25.7 Å². The molecule has 0 atom stereocenters. The zero-order valence-corrected chi connectivity index (χ0v) is 8.45. The topological polar surface area (TPSA) is 66.8 Å². The number of carbonyl (C=O) groups is 1. The molecule has 0 bridgehead atoms. The van der Waals surface area contributed by atoms with E-state index >= 15 is 0 Å². The molecule has 0 heterocycles. The van der Waals surface area contributed by atoms with E-state index in [1.54, 1.807) is 0 Å². The summed E-state index contributed by atoms with van der Waals surface area (Å²) < 4.78 is 4.95. The van der Waals surface area contributed by atoms with Gasteiger partial charge in [0.15, 0.2) is 0 Å².